The van der Waals surface area contributed by atoms with Crippen LogP contribution in [-0.2, 0) is 24.4 Å². The van der Waals surface area contributed by atoms with Crippen molar-refractivity contribution in [2.45, 2.75) is 0 Å². The molecule has 0 amide bonds. The van der Waals surface area contributed by atoms with Gasteiger partial charge in [0, 0.05) is 0 Å². The molecule has 0 fully saturated rings. The molecule has 0 bridgehead atoms. The number of hydrogen-bond acceptors (Lipinski definition) is 6. The van der Waals surface area contributed by atoms with Crippen LogP contribution in [0, 0.1) is 0 Å². The molecule has 98 valence electrons. The van der Waals surface area contributed by atoms with E-state index in [9.17, 15) is 16.8 Å². The highest BCUT2D eigenvalue weighted by Crippen LogP contribution is 2.09. The summed E-state index contributed by atoms with van der Waals surface area (Å²) in [4.78, 5) is -0.131. The lowest BCUT2D eigenvalue weighted by atomic mass is 10.4. The van der Waals surface area contributed by atoms with Gasteiger partial charge >= 0.3 is 10.4 Å². The molecule has 0 rings (SSSR count). The summed E-state index contributed by atoms with van der Waals surface area (Å²) in [6, 6.07) is 0. The van der Waals surface area contributed by atoms with E-state index in [4.69, 9.17) is 10.3 Å². The largest absolute Gasteiger partial charge is 0.405 e. The zero-order valence-corrected chi connectivity index (χ0v) is 10.4. The minimum atomic E-state index is -4.64. The van der Waals surface area contributed by atoms with Crippen LogP contribution in [-0.4, -0.2) is 33.7 Å². The van der Waals surface area contributed by atoms with Crippen LogP contribution in [0.25, 0.3) is 0 Å². The third-order valence-electron chi connectivity index (χ3n) is 1.49. The van der Waals surface area contributed by atoms with Crippen molar-refractivity contribution >= 4 is 20.2 Å². The maximum Gasteiger partial charge on any atom is 0.397 e. The number of sulfone groups is 1. The number of allylic oxidation sites excluding steroid dienone is 3. The third kappa shape index (κ3) is 6.89. The van der Waals surface area contributed by atoms with Crippen molar-refractivity contribution < 1.29 is 25.6 Å². The van der Waals surface area contributed by atoms with Gasteiger partial charge in [-0.25, -0.2) is 12.6 Å². The molecule has 0 saturated heterocycles. The summed E-state index contributed by atoms with van der Waals surface area (Å²) >= 11 is 0. The molecule has 0 heterocycles. The van der Waals surface area contributed by atoms with Crippen molar-refractivity contribution in [2.75, 3.05) is 12.4 Å². The van der Waals surface area contributed by atoms with Gasteiger partial charge in [0.15, 0.2) is 9.84 Å². The minimum Gasteiger partial charge on any atom is -0.405 e. The second-order valence-corrected chi connectivity index (χ2v) is 5.93. The average molecular weight is 283 g/mol. The van der Waals surface area contributed by atoms with Gasteiger partial charge in [-0.05, 0) is 18.4 Å². The molecule has 0 aromatic carbocycles. The van der Waals surface area contributed by atoms with Gasteiger partial charge in [-0.1, -0.05) is 12.7 Å². The molecule has 0 atom stereocenters. The Morgan fingerprint density at radius 1 is 1.35 bits per heavy atom. The first kappa shape index (κ1) is 15.8. The van der Waals surface area contributed by atoms with Gasteiger partial charge in [-0.15, -0.1) is 0 Å². The topological polar surface area (TPSA) is 124 Å². The molecule has 0 radical (unpaired) electrons. The normalized spacial score (nSPS) is 14.1. The van der Waals surface area contributed by atoms with E-state index in [2.05, 4.69) is 10.8 Å². The summed E-state index contributed by atoms with van der Waals surface area (Å²) in [5, 5.41) is 0. The highest BCUT2D eigenvalue weighted by atomic mass is 32.3. The molecular formula is C8H13NO6S2. The van der Waals surface area contributed by atoms with Gasteiger partial charge in [0.25, 0.3) is 0 Å². The van der Waals surface area contributed by atoms with E-state index >= 15 is 0 Å². The second-order valence-electron chi connectivity index (χ2n) is 2.73. The van der Waals surface area contributed by atoms with Crippen LogP contribution in [0.5, 0.6) is 0 Å². The number of hydrogen-bond donors (Lipinski definition) is 2. The summed E-state index contributed by atoms with van der Waals surface area (Å²) < 4.78 is 55.8. The van der Waals surface area contributed by atoms with Gasteiger partial charge in [-0.2, -0.15) is 8.42 Å². The minimum absolute atomic E-state index is 0.131. The van der Waals surface area contributed by atoms with E-state index in [0.717, 1.165) is 12.3 Å². The Labute approximate surface area is 100 Å². The quantitative estimate of drug-likeness (QED) is 0.488. The van der Waals surface area contributed by atoms with Crippen LogP contribution in [0.3, 0.4) is 0 Å². The summed E-state index contributed by atoms with van der Waals surface area (Å²) in [6.07, 6.45) is 4.60. The Bertz CT molecular complexity index is 514. The van der Waals surface area contributed by atoms with Crippen molar-refractivity contribution in [1.29, 1.82) is 0 Å². The van der Waals surface area contributed by atoms with Gasteiger partial charge in [0.1, 0.15) is 0 Å². The highest BCUT2D eigenvalue weighted by molar-refractivity contribution is 7.95. The first-order chi connectivity index (χ1) is 7.73. The van der Waals surface area contributed by atoms with E-state index in [1.165, 1.54) is 12.2 Å². The van der Waals surface area contributed by atoms with E-state index in [0.29, 0.717) is 0 Å². The fourth-order valence-corrected chi connectivity index (χ4v) is 2.37. The molecule has 7 nitrogen and oxygen atoms in total. The zero-order chi connectivity index (χ0) is 13.5. The predicted octanol–water partition coefficient (Wildman–Crippen LogP) is -0.237. The Morgan fingerprint density at radius 2 is 1.94 bits per heavy atom. The molecule has 0 aliphatic carbocycles. The fourth-order valence-electron chi connectivity index (χ4n) is 0.841. The molecule has 0 spiro atoms. The van der Waals surface area contributed by atoms with Gasteiger partial charge in [0.05, 0.1) is 17.3 Å². The van der Waals surface area contributed by atoms with E-state index in [-0.39, 0.29) is 4.91 Å². The molecule has 0 saturated carbocycles. The summed E-state index contributed by atoms with van der Waals surface area (Å²) in [6.45, 7) is 2.65. The Hall–Kier alpha value is -1.16. The number of nitrogens with two attached hydrogens (primary N) is 1. The first-order valence-electron chi connectivity index (χ1n) is 4.28. The van der Waals surface area contributed by atoms with Crippen LogP contribution < -0.4 is 5.73 Å². The monoisotopic (exact) mass is 283 g/mol. The van der Waals surface area contributed by atoms with Crippen molar-refractivity contribution in [3.8, 4) is 0 Å². The van der Waals surface area contributed by atoms with Gasteiger partial charge in [-0.3, -0.25) is 4.55 Å². The standard InChI is InChI=1S/C8H13NO6S2/c1-2-3-8(4-5-9)16(10,11)7-6-15-17(12,13)14/h2-5H,1,6-7,9H2,(H,12,13,14)/b5-4-,8-3+. The maximum absolute atomic E-state index is 11.6. The van der Waals surface area contributed by atoms with Crippen molar-refractivity contribution in [3.63, 3.8) is 0 Å². The van der Waals surface area contributed by atoms with Gasteiger partial charge < -0.3 is 5.73 Å². The Balaban J connectivity index is 4.78. The fraction of sp³-hybridized carbons (Fsp3) is 0.250. The average Bonchev–Trinajstić information content (AvgIpc) is 2.15. The Morgan fingerprint density at radius 3 is 2.35 bits per heavy atom. The summed E-state index contributed by atoms with van der Waals surface area (Å²) in [5.41, 5.74) is 5.07. The molecule has 9 heteroatoms. The first-order valence-corrected chi connectivity index (χ1v) is 7.30. The lowest BCUT2D eigenvalue weighted by Crippen LogP contribution is -2.16. The maximum atomic E-state index is 11.6. The SMILES string of the molecule is C=C/C=C(\C=C/N)S(=O)(=O)CCOS(=O)(=O)O. The molecular weight excluding hydrogens is 270 g/mol. The highest BCUT2D eigenvalue weighted by Gasteiger charge is 2.16. The number of rotatable bonds is 7. The molecule has 0 aromatic heterocycles. The Kier molecular flexibility index (Phi) is 6.10. The zero-order valence-electron chi connectivity index (χ0n) is 8.81. The molecule has 17 heavy (non-hydrogen) atoms. The smallest absolute Gasteiger partial charge is 0.397 e. The molecule has 0 aliphatic rings. The molecule has 0 unspecified atom stereocenters. The van der Waals surface area contributed by atoms with E-state index in [1.54, 1.807) is 0 Å². The van der Waals surface area contributed by atoms with Crippen molar-refractivity contribution in [2.24, 2.45) is 5.73 Å². The van der Waals surface area contributed by atoms with Crippen molar-refractivity contribution in [3.05, 3.63) is 35.9 Å². The van der Waals surface area contributed by atoms with Gasteiger partial charge in [0.2, 0.25) is 0 Å². The lowest BCUT2D eigenvalue weighted by molar-refractivity contribution is 0.284. The summed E-state index contributed by atoms with van der Waals surface area (Å²) in [5.74, 6) is -0.614. The van der Waals surface area contributed by atoms with E-state index < -0.39 is 32.6 Å². The molecule has 0 aromatic rings. The van der Waals surface area contributed by atoms with Crippen molar-refractivity contribution in [1.82, 2.24) is 0 Å². The van der Waals surface area contributed by atoms with Crippen LogP contribution in [0.15, 0.2) is 35.9 Å². The van der Waals surface area contributed by atoms with E-state index in [1.807, 2.05) is 0 Å². The predicted molar refractivity (Wildman–Crippen MR) is 62.9 cm³/mol. The lowest BCUT2D eigenvalue weighted by Gasteiger charge is -2.04. The van der Waals surface area contributed by atoms with Crippen LogP contribution in [0.4, 0.5) is 0 Å². The molecule has 0 aliphatic heterocycles. The van der Waals surface area contributed by atoms with Crippen LogP contribution in [0.2, 0.25) is 0 Å². The second kappa shape index (κ2) is 6.55. The third-order valence-corrected chi connectivity index (χ3v) is 3.65. The summed E-state index contributed by atoms with van der Waals surface area (Å²) in [7, 11) is -8.39. The molecule has 3 N–H and O–H groups in total. The van der Waals surface area contributed by atoms with Crippen LogP contribution >= 0.6 is 0 Å². The van der Waals surface area contributed by atoms with Crippen LogP contribution in [0.1, 0.15) is 0 Å².